The van der Waals surface area contributed by atoms with E-state index < -0.39 is 15.8 Å². The molecule has 7 heteroatoms. The lowest BCUT2D eigenvalue weighted by molar-refractivity contribution is 0.185. The van der Waals surface area contributed by atoms with Crippen LogP contribution in [0.15, 0.2) is 23.1 Å². The third-order valence-electron chi connectivity index (χ3n) is 2.70. The standard InChI is InChI=1S/C14H18FNO4S/c1-16(8-10-20-2)21(18,19)14-7-6-13(15)11-12(14)5-3-4-9-17/h6-7,11,17H,4,8-10H2,1-2H3. The Labute approximate surface area is 124 Å². The Morgan fingerprint density at radius 2 is 2.14 bits per heavy atom. The Balaban J connectivity index is 3.20. The average molecular weight is 315 g/mol. The number of methoxy groups -OCH3 is 1. The monoisotopic (exact) mass is 315 g/mol. The number of halogens is 1. The molecule has 0 spiro atoms. The average Bonchev–Trinajstić information content (AvgIpc) is 2.44. The van der Waals surface area contributed by atoms with E-state index in [9.17, 15) is 12.8 Å². The fraction of sp³-hybridized carbons (Fsp3) is 0.429. The molecular weight excluding hydrogens is 297 g/mol. The molecule has 0 aliphatic rings. The molecule has 0 aliphatic heterocycles. The van der Waals surface area contributed by atoms with Crippen LogP contribution in [0.4, 0.5) is 4.39 Å². The number of ether oxygens (including phenoxy) is 1. The van der Waals surface area contributed by atoms with E-state index in [-0.39, 0.29) is 36.6 Å². The van der Waals surface area contributed by atoms with Crippen LogP contribution in [0, 0.1) is 17.7 Å². The molecule has 5 nitrogen and oxygen atoms in total. The van der Waals surface area contributed by atoms with Crippen molar-refractivity contribution in [2.45, 2.75) is 11.3 Å². The number of likely N-dealkylation sites (N-methyl/N-ethyl adjacent to an activating group) is 1. The molecule has 1 rings (SSSR count). The summed E-state index contributed by atoms with van der Waals surface area (Å²) < 4.78 is 44.1. The highest BCUT2D eigenvalue weighted by Crippen LogP contribution is 2.20. The number of aliphatic hydroxyl groups excluding tert-OH is 1. The summed E-state index contributed by atoms with van der Waals surface area (Å²) in [5.41, 5.74) is 0.0766. The molecular formula is C14H18FNO4S. The van der Waals surface area contributed by atoms with Crippen molar-refractivity contribution in [2.75, 3.05) is 33.9 Å². The van der Waals surface area contributed by atoms with Crippen molar-refractivity contribution in [3.05, 3.63) is 29.6 Å². The largest absolute Gasteiger partial charge is 0.395 e. The molecule has 0 heterocycles. The van der Waals surface area contributed by atoms with Crippen molar-refractivity contribution in [1.82, 2.24) is 4.31 Å². The van der Waals surface area contributed by atoms with Gasteiger partial charge in [-0.25, -0.2) is 12.8 Å². The minimum Gasteiger partial charge on any atom is -0.395 e. The zero-order valence-electron chi connectivity index (χ0n) is 12.0. The van der Waals surface area contributed by atoms with Crippen molar-refractivity contribution >= 4 is 10.0 Å². The molecule has 1 N–H and O–H groups in total. The van der Waals surface area contributed by atoms with Gasteiger partial charge < -0.3 is 9.84 Å². The Morgan fingerprint density at radius 1 is 1.43 bits per heavy atom. The van der Waals surface area contributed by atoms with Gasteiger partial charge in [0.2, 0.25) is 10.0 Å². The highest BCUT2D eigenvalue weighted by atomic mass is 32.2. The van der Waals surface area contributed by atoms with Crippen LogP contribution in [0.2, 0.25) is 0 Å². The van der Waals surface area contributed by atoms with Gasteiger partial charge in [-0.3, -0.25) is 0 Å². The van der Waals surface area contributed by atoms with Crippen LogP contribution in [-0.2, 0) is 14.8 Å². The summed E-state index contributed by atoms with van der Waals surface area (Å²) in [5.74, 6) is 4.62. The number of rotatable bonds is 6. The van der Waals surface area contributed by atoms with Gasteiger partial charge in [0, 0.05) is 32.7 Å². The number of aliphatic hydroxyl groups is 1. The van der Waals surface area contributed by atoms with Gasteiger partial charge in [0.1, 0.15) is 5.82 Å². The van der Waals surface area contributed by atoms with E-state index in [0.29, 0.717) is 0 Å². The summed E-state index contributed by atoms with van der Waals surface area (Å²) in [6.07, 6.45) is 0.190. The molecule has 1 aromatic carbocycles. The minimum absolute atomic E-state index is 0.0621. The molecule has 0 aliphatic carbocycles. The molecule has 21 heavy (non-hydrogen) atoms. The minimum atomic E-state index is -3.77. The van der Waals surface area contributed by atoms with Crippen LogP contribution in [0.3, 0.4) is 0 Å². The first-order chi connectivity index (χ1) is 9.93. The lowest BCUT2D eigenvalue weighted by atomic mass is 10.2. The molecule has 0 saturated heterocycles. The highest BCUT2D eigenvalue weighted by molar-refractivity contribution is 7.89. The van der Waals surface area contributed by atoms with E-state index in [1.165, 1.54) is 20.2 Å². The van der Waals surface area contributed by atoms with Crippen LogP contribution in [0.25, 0.3) is 0 Å². The quantitative estimate of drug-likeness (QED) is 0.790. The molecule has 0 aromatic heterocycles. The summed E-state index contributed by atoms with van der Waals surface area (Å²) >= 11 is 0. The summed E-state index contributed by atoms with van der Waals surface area (Å²) in [5, 5.41) is 8.70. The molecule has 0 fully saturated rings. The Kier molecular flexibility index (Phi) is 6.78. The predicted molar refractivity (Wildman–Crippen MR) is 76.7 cm³/mol. The van der Waals surface area contributed by atoms with Crippen molar-refractivity contribution in [1.29, 1.82) is 0 Å². The maximum Gasteiger partial charge on any atom is 0.244 e. The van der Waals surface area contributed by atoms with E-state index in [2.05, 4.69) is 11.8 Å². The molecule has 116 valence electrons. The normalized spacial score (nSPS) is 11.3. The van der Waals surface area contributed by atoms with Crippen LogP contribution >= 0.6 is 0 Å². The Bertz CT molecular complexity index is 634. The van der Waals surface area contributed by atoms with E-state index >= 15 is 0 Å². The van der Waals surface area contributed by atoms with Crippen molar-refractivity contribution in [3.63, 3.8) is 0 Å². The Hall–Kier alpha value is -1.46. The molecule has 0 radical (unpaired) electrons. The lowest BCUT2D eigenvalue weighted by Gasteiger charge is -2.17. The van der Waals surface area contributed by atoms with Gasteiger partial charge in [0.05, 0.1) is 18.1 Å². The summed E-state index contributed by atoms with van der Waals surface area (Å²) in [6, 6.07) is 3.34. The van der Waals surface area contributed by atoms with Crippen LogP contribution in [0.5, 0.6) is 0 Å². The zero-order valence-corrected chi connectivity index (χ0v) is 12.8. The molecule has 0 unspecified atom stereocenters. The molecule has 0 amide bonds. The second-order valence-corrected chi connectivity index (χ2v) is 6.25. The molecule has 1 aromatic rings. The third-order valence-corrected chi connectivity index (χ3v) is 4.62. The van der Waals surface area contributed by atoms with Crippen molar-refractivity contribution in [3.8, 4) is 11.8 Å². The second-order valence-electron chi connectivity index (χ2n) is 4.24. The number of hydrogen-bond acceptors (Lipinski definition) is 4. The second kappa shape index (κ2) is 8.10. The van der Waals surface area contributed by atoms with E-state index in [1.54, 1.807) is 0 Å². The third kappa shape index (κ3) is 4.79. The fourth-order valence-corrected chi connectivity index (χ4v) is 2.82. The predicted octanol–water partition coefficient (Wildman–Crippen LogP) is 0.827. The SMILES string of the molecule is COCCN(C)S(=O)(=O)c1ccc(F)cc1C#CCCO. The van der Waals surface area contributed by atoms with Crippen LogP contribution in [-0.4, -0.2) is 51.7 Å². The van der Waals surface area contributed by atoms with Gasteiger partial charge >= 0.3 is 0 Å². The van der Waals surface area contributed by atoms with Crippen molar-refractivity contribution < 1.29 is 22.7 Å². The van der Waals surface area contributed by atoms with Gasteiger partial charge in [0.15, 0.2) is 0 Å². The zero-order chi connectivity index (χ0) is 15.9. The summed E-state index contributed by atoms with van der Waals surface area (Å²) in [6.45, 7) is 0.292. The van der Waals surface area contributed by atoms with E-state index in [1.807, 2.05) is 0 Å². The first kappa shape index (κ1) is 17.6. The fourth-order valence-electron chi connectivity index (χ4n) is 1.55. The van der Waals surface area contributed by atoms with Gasteiger partial charge in [-0.15, -0.1) is 0 Å². The van der Waals surface area contributed by atoms with Crippen molar-refractivity contribution in [2.24, 2.45) is 0 Å². The topological polar surface area (TPSA) is 66.8 Å². The van der Waals surface area contributed by atoms with Gasteiger partial charge in [-0.2, -0.15) is 4.31 Å². The van der Waals surface area contributed by atoms with Gasteiger partial charge in [0.25, 0.3) is 0 Å². The highest BCUT2D eigenvalue weighted by Gasteiger charge is 2.23. The first-order valence-electron chi connectivity index (χ1n) is 6.28. The summed E-state index contributed by atoms with van der Waals surface area (Å²) in [4.78, 5) is -0.0621. The van der Waals surface area contributed by atoms with Crippen LogP contribution < -0.4 is 0 Å². The van der Waals surface area contributed by atoms with Gasteiger partial charge in [-0.05, 0) is 18.2 Å². The number of benzene rings is 1. The van der Waals surface area contributed by atoms with E-state index in [0.717, 1.165) is 16.4 Å². The first-order valence-corrected chi connectivity index (χ1v) is 7.72. The number of hydrogen-bond donors (Lipinski definition) is 1. The lowest BCUT2D eigenvalue weighted by Crippen LogP contribution is -2.30. The van der Waals surface area contributed by atoms with E-state index in [4.69, 9.17) is 9.84 Å². The number of sulfonamides is 1. The molecule has 0 atom stereocenters. The Morgan fingerprint density at radius 3 is 2.76 bits per heavy atom. The molecule has 0 saturated carbocycles. The smallest absolute Gasteiger partial charge is 0.244 e. The molecule has 0 bridgehead atoms. The maximum absolute atomic E-state index is 13.3. The maximum atomic E-state index is 13.3. The van der Waals surface area contributed by atoms with Crippen LogP contribution in [0.1, 0.15) is 12.0 Å². The summed E-state index contributed by atoms with van der Waals surface area (Å²) in [7, 11) is -0.878. The van der Waals surface area contributed by atoms with Gasteiger partial charge in [-0.1, -0.05) is 11.8 Å². The number of nitrogens with zero attached hydrogens (tertiary/aromatic N) is 1.